The summed E-state index contributed by atoms with van der Waals surface area (Å²) in [5.74, 6) is 0. The molecular formula is C14H18N2. The van der Waals surface area contributed by atoms with Gasteiger partial charge in [0, 0.05) is 23.7 Å². The highest BCUT2D eigenvalue weighted by Crippen LogP contribution is 2.61. The fourth-order valence-corrected chi connectivity index (χ4v) is 4.26. The Hall–Kier alpha value is -1.02. The first-order valence-corrected chi connectivity index (χ1v) is 6.33. The molecule has 1 fully saturated rings. The maximum Gasteiger partial charge on any atom is 0.0320 e. The summed E-state index contributed by atoms with van der Waals surface area (Å²) in [6, 6.07) is 5.25. The summed E-state index contributed by atoms with van der Waals surface area (Å²) >= 11 is 0. The molecule has 0 saturated heterocycles. The van der Waals surface area contributed by atoms with Crippen LogP contribution in [0.3, 0.4) is 0 Å². The lowest BCUT2D eigenvalue weighted by Gasteiger charge is -2.36. The third-order valence-corrected chi connectivity index (χ3v) is 4.88. The van der Waals surface area contributed by atoms with Crippen LogP contribution >= 0.6 is 0 Å². The van der Waals surface area contributed by atoms with Gasteiger partial charge in [0.15, 0.2) is 0 Å². The second-order valence-electron chi connectivity index (χ2n) is 5.86. The highest BCUT2D eigenvalue weighted by Gasteiger charge is 2.61. The predicted octanol–water partition coefficient (Wildman–Crippen LogP) is 2.06. The molecule has 2 aliphatic carbocycles. The summed E-state index contributed by atoms with van der Waals surface area (Å²) in [5, 5.41) is 0. The molecule has 3 aliphatic rings. The van der Waals surface area contributed by atoms with E-state index in [0.717, 1.165) is 18.3 Å². The number of hydrogen-bond acceptors (Lipinski definition) is 2. The normalized spacial score (nSPS) is 35.4. The summed E-state index contributed by atoms with van der Waals surface area (Å²) in [6.07, 6.45) is 5.37. The monoisotopic (exact) mass is 214 g/mol. The van der Waals surface area contributed by atoms with Gasteiger partial charge in [-0.25, -0.2) is 0 Å². The molecule has 0 amide bonds. The average Bonchev–Trinajstić information content (AvgIpc) is 2.92. The number of likely N-dealkylation sites (N-methyl/N-ethyl adjacent to an activating group) is 1. The SMILES string of the molecule is CN1Cc2cc(N)cc3c2C2(CCC3)CC12. The molecule has 0 bridgehead atoms. The van der Waals surface area contributed by atoms with Crippen molar-refractivity contribution in [2.45, 2.75) is 43.7 Å². The quantitative estimate of drug-likeness (QED) is 0.670. The zero-order valence-electron chi connectivity index (χ0n) is 9.79. The third kappa shape index (κ3) is 0.921. The fourth-order valence-electron chi connectivity index (χ4n) is 4.26. The van der Waals surface area contributed by atoms with Crippen molar-refractivity contribution in [2.75, 3.05) is 12.8 Å². The van der Waals surface area contributed by atoms with Crippen LogP contribution in [0.25, 0.3) is 0 Å². The van der Waals surface area contributed by atoms with Gasteiger partial charge in [0.1, 0.15) is 0 Å². The largest absolute Gasteiger partial charge is 0.399 e. The molecule has 1 aliphatic heterocycles. The lowest BCUT2D eigenvalue weighted by molar-refractivity contribution is 0.259. The van der Waals surface area contributed by atoms with Gasteiger partial charge in [-0.05, 0) is 61.6 Å². The van der Waals surface area contributed by atoms with Gasteiger partial charge < -0.3 is 5.73 Å². The predicted molar refractivity (Wildman–Crippen MR) is 65.3 cm³/mol. The number of rotatable bonds is 0. The molecule has 2 nitrogen and oxygen atoms in total. The van der Waals surface area contributed by atoms with Crippen molar-refractivity contribution in [3.8, 4) is 0 Å². The molecule has 2 atom stereocenters. The standard InChI is InChI=1S/C14H18N2/c1-16-8-10-6-11(15)5-9-3-2-4-14(13(9)10)7-12(14)16/h5-6,12H,2-4,7-8,15H2,1H3. The van der Waals surface area contributed by atoms with Crippen LogP contribution in [0.5, 0.6) is 0 Å². The van der Waals surface area contributed by atoms with Gasteiger partial charge in [-0.2, -0.15) is 0 Å². The van der Waals surface area contributed by atoms with Gasteiger partial charge in [0.25, 0.3) is 0 Å². The van der Waals surface area contributed by atoms with Gasteiger partial charge in [0.05, 0.1) is 0 Å². The lowest BCUT2D eigenvalue weighted by atomic mass is 9.75. The van der Waals surface area contributed by atoms with Gasteiger partial charge in [-0.15, -0.1) is 0 Å². The Morgan fingerprint density at radius 3 is 3.06 bits per heavy atom. The van der Waals surface area contributed by atoms with Crippen molar-refractivity contribution in [3.63, 3.8) is 0 Å². The second kappa shape index (κ2) is 2.62. The van der Waals surface area contributed by atoms with Crippen LogP contribution in [0.1, 0.15) is 36.0 Å². The number of anilines is 1. The number of benzene rings is 1. The Kier molecular flexibility index (Phi) is 1.48. The Morgan fingerprint density at radius 2 is 2.19 bits per heavy atom. The van der Waals surface area contributed by atoms with E-state index in [4.69, 9.17) is 5.73 Å². The van der Waals surface area contributed by atoms with E-state index < -0.39 is 0 Å². The van der Waals surface area contributed by atoms with Crippen molar-refractivity contribution in [1.29, 1.82) is 0 Å². The molecule has 1 aromatic carbocycles. The van der Waals surface area contributed by atoms with Crippen molar-refractivity contribution in [2.24, 2.45) is 0 Å². The first-order chi connectivity index (χ1) is 7.71. The Balaban J connectivity index is 1.99. The molecule has 2 heteroatoms. The Morgan fingerprint density at radius 1 is 1.38 bits per heavy atom. The van der Waals surface area contributed by atoms with E-state index in [2.05, 4.69) is 24.1 Å². The smallest absolute Gasteiger partial charge is 0.0320 e. The Labute approximate surface area is 96.4 Å². The van der Waals surface area contributed by atoms with Crippen LogP contribution in [0, 0.1) is 0 Å². The zero-order valence-corrected chi connectivity index (χ0v) is 9.79. The van der Waals surface area contributed by atoms with Crippen molar-refractivity contribution >= 4 is 5.69 Å². The highest BCUT2D eigenvalue weighted by atomic mass is 15.2. The number of nitrogen functional groups attached to an aromatic ring is 1. The molecule has 16 heavy (non-hydrogen) atoms. The lowest BCUT2D eigenvalue weighted by Crippen LogP contribution is -2.36. The maximum atomic E-state index is 6.01. The van der Waals surface area contributed by atoms with E-state index in [1.54, 1.807) is 11.1 Å². The summed E-state index contributed by atoms with van der Waals surface area (Å²) in [7, 11) is 2.26. The molecule has 1 aromatic rings. The molecule has 84 valence electrons. The molecule has 1 spiro atoms. The first-order valence-electron chi connectivity index (χ1n) is 6.33. The van der Waals surface area contributed by atoms with Crippen LogP contribution in [-0.4, -0.2) is 18.0 Å². The Bertz CT molecular complexity index is 480. The van der Waals surface area contributed by atoms with Gasteiger partial charge >= 0.3 is 0 Å². The molecule has 1 saturated carbocycles. The minimum absolute atomic E-state index is 0.531. The number of nitrogens with zero attached hydrogens (tertiary/aromatic N) is 1. The summed E-state index contributed by atoms with van der Waals surface area (Å²) in [4.78, 5) is 2.52. The number of nitrogens with two attached hydrogens (primary N) is 1. The van der Waals surface area contributed by atoms with Crippen molar-refractivity contribution in [1.82, 2.24) is 4.90 Å². The topological polar surface area (TPSA) is 29.3 Å². The van der Waals surface area contributed by atoms with E-state index in [9.17, 15) is 0 Å². The molecule has 0 radical (unpaired) electrons. The van der Waals surface area contributed by atoms with Crippen LogP contribution in [0.2, 0.25) is 0 Å². The molecule has 4 rings (SSSR count). The van der Waals surface area contributed by atoms with Crippen LogP contribution in [0.15, 0.2) is 12.1 Å². The van der Waals surface area contributed by atoms with Gasteiger partial charge in [-0.1, -0.05) is 0 Å². The van der Waals surface area contributed by atoms with E-state index >= 15 is 0 Å². The molecule has 2 N–H and O–H groups in total. The van der Waals surface area contributed by atoms with Crippen LogP contribution < -0.4 is 5.73 Å². The van der Waals surface area contributed by atoms with E-state index in [-0.39, 0.29) is 0 Å². The van der Waals surface area contributed by atoms with Gasteiger partial charge in [-0.3, -0.25) is 4.90 Å². The van der Waals surface area contributed by atoms with E-state index in [1.807, 2.05) is 0 Å². The van der Waals surface area contributed by atoms with Crippen molar-refractivity contribution < 1.29 is 0 Å². The van der Waals surface area contributed by atoms with E-state index in [1.165, 1.54) is 31.2 Å². The van der Waals surface area contributed by atoms with Gasteiger partial charge in [0.2, 0.25) is 0 Å². The van der Waals surface area contributed by atoms with Crippen LogP contribution in [0.4, 0.5) is 5.69 Å². The number of aryl methyl sites for hydroxylation is 1. The third-order valence-electron chi connectivity index (χ3n) is 4.88. The van der Waals surface area contributed by atoms with Crippen LogP contribution in [-0.2, 0) is 18.4 Å². The summed E-state index contributed by atoms with van der Waals surface area (Å²) < 4.78 is 0. The molecule has 1 heterocycles. The minimum Gasteiger partial charge on any atom is -0.399 e. The highest BCUT2D eigenvalue weighted by molar-refractivity contribution is 5.58. The number of hydrogen-bond donors (Lipinski definition) is 1. The fraction of sp³-hybridized carbons (Fsp3) is 0.571. The van der Waals surface area contributed by atoms with E-state index in [0.29, 0.717) is 5.41 Å². The molecule has 0 aromatic heterocycles. The minimum atomic E-state index is 0.531. The maximum absolute atomic E-state index is 6.01. The second-order valence-corrected chi connectivity index (χ2v) is 5.86. The molecule has 2 unspecified atom stereocenters. The zero-order chi connectivity index (χ0) is 10.9. The summed E-state index contributed by atoms with van der Waals surface area (Å²) in [6.45, 7) is 1.10. The van der Waals surface area contributed by atoms with Crippen molar-refractivity contribution in [3.05, 3.63) is 28.8 Å². The average molecular weight is 214 g/mol. The first kappa shape index (κ1) is 9.06. The summed E-state index contributed by atoms with van der Waals surface area (Å²) in [5.41, 5.74) is 12.2. The molecular weight excluding hydrogens is 196 g/mol.